The molecule has 196 valence electrons. The van der Waals surface area contributed by atoms with E-state index in [9.17, 15) is 8.42 Å². The highest BCUT2D eigenvalue weighted by atomic mass is 32.2. The highest BCUT2D eigenvalue weighted by molar-refractivity contribution is 7.91. The minimum Gasteiger partial charge on any atom is -0.494 e. The second-order valence-electron chi connectivity index (χ2n) is 8.48. The Hall–Kier alpha value is -3.93. The average Bonchev–Trinajstić information content (AvgIpc) is 3.52. The summed E-state index contributed by atoms with van der Waals surface area (Å²) in [6.07, 6.45) is 2.99. The van der Waals surface area contributed by atoms with E-state index in [-0.39, 0.29) is 5.82 Å². The number of methoxy groups -OCH3 is 3. The minimum atomic E-state index is -3.74. The third-order valence-electron chi connectivity index (χ3n) is 6.24. The maximum Gasteiger partial charge on any atom is 0.231 e. The molecule has 0 bridgehead atoms. The van der Waals surface area contributed by atoms with Crippen molar-refractivity contribution in [3.8, 4) is 34.7 Å². The maximum atomic E-state index is 13.6. The number of ether oxygens (including phenoxy) is 3. The lowest BCUT2D eigenvalue weighted by Crippen LogP contribution is -2.27. The monoisotopic (exact) mass is 527 g/mol. The number of furan rings is 1. The fourth-order valence-electron chi connectivity index (χ4n) is 3.94. The number of aryl methyl sites for hydroxylation is 1. The Morgan fingerprint density at radius 2 is 1.65 bits per heavy atom. The number of sulfone groups is 1. The van der Waals surface area contributed by atoms with Crippen molar-refractivity contribution in [2.75, 3.05) is 21.3 Å². The van der Waals surface area contributed by atoms with E-state index in [2.05, 4.69) is 20.2 Å². The molecule has 0 aliphatic rings. The Bertz CT molecular complexity index is 1460. The van der Waals surface area contributed by atoms with Gasteiger partial charge in [0.1, 0.15) is 28.7 Å². The van der Waals surface area contributed by atoms with Gasteiger partial charge in [0, 0.05) is 5.92 Å². The molecule has 0 saturated carbocycles. The molecule has 4 aromatic rings. The van der Waals surface area contributed by atoms with Gasteiger partial charge in [0.25, 0.3) is 0 Å². The van der Waals surface area contributed by atoms with Gasteiger partial charge in [-0.3, -0.25) is 9.55 Å². The van der Waals surface area contributed by atoms with Gasteiger partial charge in [0.05, 0.1) is 44.7 Å². The zero-order chi connectivity index (χ0) is 26.7. The lowest BCUT2D eigenvalue weighted by molar-refractivity contribution is 0.390. The lowest BCUT2D eigenvalue weighted by atomic mass is 10.1. The molecule has 0 aliphatic heterocycles. The predicted octanol–water partition coefficient (Wildman–Crippen LogP) is 3.76. The highest BCUT2D eigenvalue weighted by Gasteiger charge is 2.33. The zero-order valence-electron chi connectivity index (χ0n) is 21.5. The summed E-state index contributed by atoms with van der Waals surface area (Å²) in [5, 5.41) is 7.77. The van der Waals surface area contributed by atoms with Gasteiger partial charge in [-0.1, -0.05) is 13.0 Å². The van der Waals surface area contributed by atoms with E-state index in [1.807, 2.05) is 6.92 Å². The summed E-state index contributed by atoms with van der Waals surface area (Å²) in [6.45, 7) is 5.25. The highest BCUT2D eigenvalue weighted by Crippen LogP contribution is 2.37. The number of nitrogens with zero attached hydrogens (tertiary/aromatic N) is 5. The van der Waals surface area contributed by atoms with E-state index in [4.69, 9.17) is 18.6 Å². The molecule has 37 heavy (non-hydrogen) atoms. The Kier molecular flexibility index (Phi) is 7.48. The van der Waals surface area contributed by atoms with Crippen molar-refractivity contribution in [3.05, 3.63) is 60.0 Å². The van der Waals surface area contributed by atoms with E-state index >= 15 is 0 Å². The van der Waals surface area contributed by atoms with E-state index < -0.39 is 26.8 Å². The SMILES string of the molecule is COc1cnc([C@H](C)[C@@H](C)S(=O)(=O)Cc2nnc(-c3ccc(C)o3)n2-c2c(OC)cccc2OC)cn1. The first-order valence-corrected chi connectivity index (χ1v) is 13.2. The first-order chi connectivity index (χ1) is 17.7. The van der Waals surface area contributed by atoms with Crippen LogP contribution in [0.3, 0.4) is 0 Å². The third-order valence-corrected chi connectivity index (χ3v) is 8.44. The Balaban J connectivity index is 1.79. The van der Waals surface area contributed by atoms with Crippen LogP contribution in [-0.4, -0.2) is 59.7 Å². The quantitative estimate of drug-likeness (QED) is 0.300. The summed E-state index contributed by atoms with van der Waals surface area (Å²) in [6, 6.07) is 8.83. The number of para-hydroxylation sites is 1. The molecule has 0 saturated heterocycles. The molecule has 0 spiro atoms. The van der Waals surface area contributed by atoms with E-state index in [0.29, 0.717) is 46.1 Å². The largest absolute Gasteiger partial charge is 0.494 e. The van der Waals surface area contributed by atoms with Crippen LogP contribution in [0.15, 0.2) is 47.1 Å². The number of rotatable bonds is 10. The topological polar surface area (TPSA) is 131 Å². The fourth-order valence-corrected chi connectivity index (χ4v) is 5.51. The normalized spacial score (nSPS) is 13.2. The van der Waals surface area contributed by atoms with Crippen LogP contribution in [0, 0.1) is 6.92 Å². The van der Waals surface area contributed by atoms with Gasteiger partial charge >= 0.3 is 0 Å². The standard InChI is InChI=1S/C25H29N5O6S/c1-15-10-11-21(36-15)25-29-28-22(30(25)24-19(33-4)8-7-9-20(24)34-5)14-37(31,32)17(3)16(2)18-12-27-23(35-6)13-26-18/h7-13,16-17H,14H2,1-6H3/t16-,17-/m1/s1. The smallest absolute Gasteiger partial charge is 0.231 e. The molecule has 0 radical (unpaired) electrons. The van der Waals surface area contributed by atoms with Crippen LogP contribution < -0.4 is 14.2 Å². The van der Waals surface area contributed by atoms with Gasteiger partial charge in [-0.2, -0.15) is 0 Å². The first kappa shape index (κ1) is 26.1. The molecule has 3 aromatic heterocycles. The molecule has 3 heterocycles. The summed E-state index contributed by atoms with van der Waals surface area (Å²) in [5.41, 5.74) is 1.00. The van der Waals surface area contributed by atoms with E-state index in [1.165, 1.54) is 33.7 Å². The molecule has 1 aromatic carbocycles. The Labute approximate surface area is 215 Å². The number of hydrogen-bond donors (Lipinski definition) is 0. The van der Waals surface area contributed by atoms with Crippen molar-refractivity contribution >= 4 is 9.84 Å². The van der Waals surface area contributed by atoms with Gasteiger partial charge in [0.15, 0.2) is 21.4 Å². The molecule has 0 fully saturated rings. The molecular formula is C25H29N5O6S. The summed E-state index contributed by atoms with van der Waals surface area (Å²) >= 11 is 0. The molecule has 0 amide bonds. The maximum absolute atomic E-state index is 13.6. The molecule has 11 nitrogen and oxygen atoms in total. The summed E-state index contributed by atoms with van der Waals surface area (Å²) in [4.78, 5) is 8.47. The van der Waals surface area contributed by atoms with Gasteiger partial charge < -0.3 is 18.6 Å². The van der Waals surface area contributed by atoms with Gasteiger partial charge in [-0.05, 0) is 38.1 Å². The zero-order valence-corrected chi connectivity index (χ0v) is 22.3. The second-order valence-corrected chi connectivity index (χ2v) is 10.8. The van der Waals surface area contributed by atoms with Gasteiger partial charge in [0.2, 0.25) is 11.7 Å². The van der Waals surface area contributed by atoms with Crippen LogP contribution in [-0.2, 0) is 15.6 Å². The van der Waals surface area contributed by atoms with Crippen molar-refractivity contribution in [1.82, 2.24) is 24.7 Å². The summed E-state index contributed by atoms with van der Waals surface area (Å²) in [7, 11) is 0.794. The van der Waals surface area contributed by atoms with Crippen molar-refractivity contribution in [3.63, 3.8) is 0 Å². The average molecular weight is 528 g/mol. The number of hydrogen-bond acceptors (Lipinski definition) is 10. The molecule has 4 rings (SSSR count). The number of aromatic nitrogens is 5. The molecule has 0 N–H and O–H groups in total. The summed E-state index contributed by atoms with van der Waals surface area (Å²) < 4.78 is 50.9. The molecular weight excluding hydrogens is 498 g/mol. The van der Waals surface area contributed by atoms with Crippen LogP contribution in [0.25, 0.3) is 17.3 Å². The third kappa shape index (κ3) is 5.15. The molecule has 2 atom stereocenters. The Morgan fingerprint density at radius 1 is 0.946 bits per heavy atom. The van der Waals surface area contributed by atoms with Crippen LogP contribution >= 0.6 is 0 Å². The second kappa shape index (κ2) is 10.6. The van der Waals surface area contributed by atoms with E-state index in [1.54, 1.807) is 48.7 Å². The van der Waals surface area contributed by atoms with Crippen LogP contribution in [0.1, 0.15) is 37.0 Å². The van der Waals surface area contributed by atoms with Crippen LogP contribution in [0.5, 0.6) is 17.4 Å². The lowest BCUT2D eigenvalue weighted by Gasteiger charge is -2.21. The Morgan fingerprint density at radius 3 is 2.19 bits per heavy atom. The molecule has 0 aliphatic carbocycles. The summed E-state index contributed by atoms with van der Waals surface area (Å²) in [5.74, 6) is 2.05. The minimum absolute atomic E-state index is 0.187. The van der Waals surface area contributed by atoms with Gasteiger partial charge in [-0.25, -0.2) is 13.4 Å². The number of benzene rings is 1. The van der Waals surface area contributed by atoms with Crippen molar-refractivity contribution in [2.24, 2.45) is 0 Å². The van der Waals surface area contributed by atoms with Gasteiger partial charge in [-0.15, -0.1) is 10.2 Å². The van der Waals surface area contributed by atoms with Crippen LogP contribution in [0.4, 0.5) is 0 Å². The van der Waals surface area contributed by atoms with Crippen LogP contribution in [0.2, 0.25) is 0 Å². The van der Waals surface area contributed by atoms with Crippen molar-refractivity contribution < 1.29 is 27.0 Å². The van der Waals surface area contributed by atoms with Crippen molar-refractivity contribution in [2.45, 2.75) is 37.7 Å². The molecule has 0 unspecified atom stereocenters. The first-order valence-electron chi connectivity index (χ1n) is 11.5. The van der Waals surface area contributed by atoms with Crippen molar-refractivity contribution in [1.29, 1.82) is 0 Å². The predicted molar refractivity (Wildman–Crippen MR) is 136 cm³/mol. The fraction of sp³-hybridized carbons (Fsp3) is 0.360. The molecule has 12 heteroatoms. The van der Waals surface area contributed by atoms with E-state index in [0.717, 1.165) is 0 Å².